The Morgan fingerprint density at radius 1 is 1.17 bits per heavy atom. The molecule has 1 saturated heterocycles. The number of rotatable bonds is 5. The van der Waals surface area contributed by atoms with Crippen LogP contribution in [0.5, 0.6) is 0 Å². The van der Waals surface area contributed by atoms with E-state index in [-0.39, 0.29) is 0 Å². The van der Waals surface area contributed by atoms with Crippen LogP contribution in [0.2, 0.25) is 0 Å². The number of anilines is 2. The van der Waals surface area contributed by atoms with Crippen molar-refractivity contribution in [3.8, 4) is 0 Å². The number of likely N-dealkylation sites (N-methyl/N-ethyl adjacent to an activating group) is 1. The van der Waals surface area contributed by atoms with Gasteiger partial charge in [0.05, 0.1) is 0 Å². The fraction of sp³-hybridized carbons (Fsp3) is 0.500. The molecule has 1 atom stereocenters. The number of nitrogens with zero attached hydrogens (tertiary/aromatic N) is 7. The van der Waals surface area contributed by atoms with Crippen molar-refractivity contribution in [3.05, 3.63) is 36.5 Å². The molecule has 2 aromatic heterocycles. The van der Waals surface area contributed by atoms with Crippen LogP contribution in [0.15, 0.2) is 31.0 Å². The zero-order valence-corrected chi connectivity index (χ0v) is 13.9. The second-order valence-corrected chi connectivity index (χ2v) is 6.14. The van der Waals surface area contributed by atoms with Crippen LogP contribution in [0.4, 0.5) is 11.8 Å². The molecule has 7 heteroatoms. The second-order valence-electron chi connectivity index (χ2n) is 6.14. The van der Waals surface area contributed by atoms with Crippen molar-refractivity contribution in [3.63, 3.8) is 0 Å². The van der Waals surface area contributed by atoms with Gasteiger partial charge in [-0.3, -0.25) is 4.90 Å². The summed E-state index contributed by atoms with van der Waals surface area (Å²) in [5.74, 6) is 1.72. The molecule has 2 aromatic rings. The number of aromatic nitrogens is 4. The molecular formula is C16H23N7. The Labute approximate surface area is 137 Å². The summed E-state index contributed by atoms with van der Waals surface area (Å²) in [5.41, 5.74) is 1.15. The van der Waals surface area contributed by atoms with E-state index in [1.807, 2.05) is 37.5 Å². The average molecular weight is 313 g/mol. The van der Waals surface area contributed by atoms with Crippen molar-refractivity contribution in [2.24, 2.45) is 0 Å². The highest BCUT2D eigenvalue weighted by Crippen LogP contribution is 2.20. The van der Waals surface area contributed by atoms with Gasteiger partial charge in [0.2, 0.25) is 5.95 Å². The fourth-order valence-corrected chi connectivity index (χ4v) is 2.87. The van der Waals surface area contributed by atoms with Gasteiger partial charge in [-0.1, -0.05) is 0 Å². The zero-order valence-electron chi connectivity index (χ0n) is 13.9. The van der Waals surface area contributed by atoms with Gasteiger partial charge in [-0.2, -0.15) is 0 Å². The van der Waals surface area contributed by atoms with E-state index in [0.717, 1.165) is 43.4 Å². The first-order valence-corrected chi connectivity index (χ1v) is 7.83. The predicted octanol–water partition coefficient (Wildman–Crippen LogP) is 1.04. The van der Waals surface area contributed by atoms with Gasteiger partial charge in [0, 0.05) is 71.0 Å². The van der Waals surface area contributed by atoms with Crippen LogP contribution in [-0.4, -0.2) is 65.1 Å². The minimum absolute atomic E-state index is 0.479. The van der Waals surface area contributed by atoms with Gasteiger partial charge >= 0.3 is 0 Å². The molecule has 1 aliphatic rings. The average Bonchev–Trinajstić information content (AvgIpc) is 3.04. The van der Waals surface area contributed by atoms with E-state index in [0.29, 0.717) is 6.04 Å². The lowest BCUT2D eigenvalue weighted by molar-refractivity contribution is 0.325. The van der Waals surface area contributed by atoms with Gasteiger partial charge in [-0.25, -0.2) is 19.9 Å². The summed E-state index contributed by atoms with van der Waals surface area (Å²) < 4.78 is 0. The summed E-state index contributed by atoms with van der Waals surface area (Å²) in [5, 5.41) is 0. The molecule has 0 saturated carbocycles. The maximum atomic E-state index is 4.38. The van der Waals surface area contributed by atoms with E-state index in [1.54, 1.807) is 12.5 Å². The Hall–Kier alpha value is -2.28. The lowest BCUT2D eigenvalue weighted by Crippen LogP contribution is -2.35. The molecule has 1 aliphatic heterocycles. The molecule has 0 aromatic carbocycles. The Balaban J connectivity index is 1.57. The zero-order chi connectivity index (χ0) is 16.2. The van der Waals surface area contributed by atoms with E-state index < -0.39 is 0 Å². The second kappa shape index (κ2) is 6.87. The molecule has 1 fully saturated rings. The molecule has 23 heavy (non-hydrogen) atoms. The lowest BCUT2D eigenvalue weighted by Gasteiger charge is -2.25. The van der Waals surface area contributed by atoms with E-state index in [2.05, 4.69) is 36.8 Å². The monoisotopic (exact) mass is 313 g/mol. The summed E-state index contributed by atoms with van der Waals surface area (Å²) in [4.78, 5) is 23.7. The third kappa shape index (κ3) is 3.73. The first-order valence-electron chi connectivity index (χ1n) is 7.83. The number of hydrogen-bond donors (Lipinski definition) is 0. The molecule has 7 nitrogen and oxygen atoms in total. The van der Waals surface area contributed by atoms with Crippen LogP contribution < -0.4 is 9.80 Å². The van der Waals surface area contributed by atoms with Gasteiger partial charge in [0.1, 0.15) is 12.1 Å². The van der Waals surface area contributed by atoms with Gasteiger partial charge in [-0.05, 0) is 12.5 Å². The SMILES string of the molecule is CN(C)c1ncc(CN2CCC(N(C)c3ccncn3)C2)cn1. The third-order valence-corrected chi connectivity index (χ3v) is 4.22. The number of hydrogen-bond acceptors (Lipinski definition) is 7. The predicted molar refractivity (Wildman–Crippen MR) is 90.5 cm³/mol. The van der Waals surface area contributed by atoms with Crippen LogP contribution in [0.1, 0.15) is 12.0 Å². The highest BCUT2D eigenvalue weighted by atomic mass is 15.3. The van der Waals surface area contributed by atoms with Gasteiger partial charge < -0.3 is 9.80 Å². The van der Waals surface area contributed by atoms with Gasteiger partial charge in [0.15, 0.2) is 0 Å². The first-order chi connectivity index (χ1) is 11.1. The van der Waals surface area contributed by atoms with Crippen LogP contribution in [0, 0.1) is 0 Å². The smallest absolute Gasteiger partial charge is 0.224 e. The molecule has 3 rings (SSSR count). The topological polar surface area (TPSA) is 61.3 Å². The molecule has 0 spiro atoms. The van der Waals surface area contributed by atoms with Crippen LogP contribution in [0.3, 0.4) is 0 Å². The van der Waals surface area contributed by atoms with Crippen molar-refractivity contribution in [1.29, 1.82) is 0 Å². The van der Waals surface area contributed by atoms with Crippen LogP contribution in [-0.2, 0) is 6.54 Å². The Morgan fingerprint density at radius 3 is 2.61 bits per heavy atom. The van der Waals surface area contributed by atoms with Crippen molar-refractivity contribution >= 4 is 11.8 Å². The van der Waals surface area contributed by atoms with Crippen LogP contribution in [0.25, 0.3) is 0 Å². The lowest BCUT2D eigenvalue weighted by atomic mass is 10.2. The molecule has 0 amide bonds. The molecule has 0 bridgehead atoms. The molecule has 0 N–H and O–H groups in total. The summed E-state index contributed by atoms with van der Waals surface area (Å²) in [7, 11) is 6.00. The van der Waals surface area contributed by atoms with Crippen LogP contribution >= 0.6 is 0 Å². The normalized spacial score (nSPS) is 18.1. The molecule has 1 unspecified atom stereocenters. The van der Waals surface area contributed by atoms with Crippen molar-refractivity contribution < 1.29 is 0 Å². The molecular weight excluding hydrogens is 290 g/mol. The first kappa shape index (κ1) is 15.6. The summed E-state index contributed by atoms with van der Waals surface area (Å²) in [6.45, 7) is 2.99. The maximum absolute atomic E-state index is 4.38. The quantitative estimate of drug-likeness (QED) is 0.817. The van der Waals surface area contributed by atoms with E-state index in [1.165, 1.54) is 0 Å². The van der Waals surface area contributed by atoms with E-state index in [4.69, 9.17) is 0 Å². The minimum atomic E-state index is 0.479. The highest BCUT2D eigenvalue weighted by molar-refractivity contribution is 5.37. The Bertz CT molecular complexity index is 614. The summed E-state index contributed by atoms with van der Waals surface area (Å²) in [6.07, 6.45) is 8.36. The Morgan fingerprint density at radius 2 is 1.96 bits per heavy atom. The summed E-state index contributed by atoms with van der Waals surface area (Å²) >= 11 is 0. The van der Waals surface area contributed by atoms with Crippen molar-refractivity contribution in [2.75, 3.05) is 44.0 Å². The van der Waals surface area contributed by atoms with Gasteiger partial charge in [0.25, 0.3) is 0 Å². The van der Waals surface area contributed by atoms with Gasteiger partial charge in [-0.15, -0.1) is 0 Å². The molecule has 122 valence electrons. The fourth-order valence-electron chi connectivity index (χ4n) is 2.87. The standard InChI is InChI=1S/C16H23N7/c1-21(2)16-18-8-13(9-19-16)10-23-7-5-14(11-23)22(3)15-4-6-17-12-20-15/h4,6,8-9,12,14H,5,7,10-11H2,1-3H3. The van der Waals surface area contributed by atoms with Crippen molar-refractivity contribution in [1.82, 2.24) is 24.8 Å². The van der Waals surface area contributed by atoms with Crippen molar-refractivity contribution in [2.45, 2.75) is 19.0 Å². The van der Waals surface area contributed by atoms with E-state index >= 15 is 0 Å². The Kier molecular flexibility index (Phi) is 4.66. The summed E-state index contributed by atoms with van der Waals surface area (Å²) in [6, 6.07) is 2.43. The molecule has 0 radical (unpaired) electrons. The molecule has 3 heterocycles. The largest absolute Gasteiger partial charge is 0.355 e. The van der Waals surface area contributed by atoms with E-state index in [9.17, 15) is 0 Å². The number of likely N-dealkylation sites (tertiary alicyclic amines) is 1. The third-order valence-electron chi connectivity index (χ3n) is 4.22. The highest BCUT2D eigenvalue weighted by Gasteiger charge is 2.26. The molecule has 0 aliphatic carbocycles. The maximum Gasteiger partial charge on any atom is 0.224 e. The minimum Gasteiger partial charge on any atom is -0.355 e.